The van der Waals surface area contributed by atoms with E-state index in [2.05, 4.69) is 5.32 Å². The highest BCUT2D eigenvalue weighted by atomic mass is 32.2. The van der Waals surface area contributed by atoms with E-state index in [1.54, 1.807) is 12.1 Å². The first-order valence-electron chi connectivity index (χ1n) is 6.37. The largest absolute Gasteiger partial charge is 0.385 e. The van der Waals surface area contributed by atoms with Gasteiger partial charge >= 0.3 is 0 Å². The number of amides is 1. The lowest BCUT2D eigenvalue weighted by molar-refractivity contribution is -0.117. The van der Waals surface area contributed by atoms with Crippen LogP contribution in [0.25, 0.3) is 0 Å². The molecule has 1 aromatic carbocycles. The van der Waals surface area contributed by atoms with Crippen molar-refractivity contribution in [1.29, 1.82) is 0 Å². The Kier molecular flexibility index (Phi) is 6.28. The van der Waals surface area contributed by atoms with Crippen LogP contribution in [0.3, 0.4) is 0 Å². The van der Waals surface area contributed by atoms with Crippen LogP contribution < -0.4 is 11.1 Å². The van der Waals surface area contributed by atoms with E-state index < -0.39 is 16.1 Å². The molecule has 0 aromatic heterocycles. The summed E-state index contributed by atoms with van der Waals surface area (Å²) in [6.45, 7) is 0.379. The van der Waals surface area contributed by atoms with Crippen molar-refractivity contribution in [3.05, 3.63) is 24.3 Å². The molecule has 0 bridgehead atoms. The molecule has 1 unspecified atom stereocenters. The van der Waals surface area contributed by atoms with Gasteiger partial charge in [-0.05, 0) is 24.6 Å². The maximum atomic E-state index is 12.0. The number of anilines is 1. The minimum atomic E-state index is -3.54. The minimum Gasteiger partial charge on any atom is -0.385 e. The van der Waals surface area contributed by atoms with E-state index in [-0.39, 0.29) is 10.8 Å². The van der Waals surface area contributed by atoms with Gasteiger partial charge < -0.3 is 15.8 Å². The lowest BCUT2D eigenvalue weighted by Gasteiger charge is -2.14. The number of sulfonamides is 1. The molecule has 0 radical (unpaired) electrons. The van der Waals surface area contributed by atoms with Gasteiger partial charge in [0.2, 0.25) is 15.9 Å². The molecule has 0 heterocycles. The summed E-state index contributed by atoms with van der Waals surface area (Å²) in [5, 5.41) is 2.60. The van der Waals surface area contributed by atoms with Gasteiger partial charge in [-0.2, -0.15) is 0 Å². The fourth-order valence-electron chi connectivity index (χ4n) is 1.56. The van der Waals surface area contributed by atoms with Crippen LogP contribution in [-0.2, 0) is 19.6 Å². The number of carbonyl (C=O) groups excluding carboxylic acids is 1. The Bertz CT molecular complexity index is 587. The van der Waals surface area contributed by atoms with Crippen molar-refractivity contribution < 1.29 is 17.9 Å². The molecule has 0 aliphatic heterocycles. The molecule has 1 rings (SSSR count). The Hall–Kier alpha value is -1.48. The van der Waals surface area contributed by atoms with Crippen LogP contribution in [0.2, 0.25) is 0 Å². The predicted molar refractivity (Wildman–Crippen MR) is 80.4 cm³/mol. The first-order chi connectivity index (χ1) is 9.78. The molecule has 0 spiro atoms. The van der Waals surface area contributed by atoms with E-state index in [0.29, 0.717) is 18.7 Å². The van der Waals surface area contributed by atoms with Crippen molar-refractivity contribution in [2.45, 2.75) is 17.4 Å². The Labute approximate surface area is 125 Å². The van der Waals surface area contributed by atoms with Crippen LogP contribution in [0.1, 0.15) is 6.42 Å². The van der Waals surface area contributed by atoms with Gasteiger partial charge in [-0.25, -0.2) is 12.7 Å². The molecule has 1 amide bonds. The van der Waals surface area contributed by atoms with Gasteiger partial charge in [0.15, 0.2) is 0 Å². The number of methoxy groups -OCH3 is 1. The monoisotopic (exact) mass is 315 g/mol. The van der Waals surface area contributed by atoms with E-state index in [1.165, 1.54) is 33.3 Å². The highest BCUT2D eigenvalue weighted by Gasteiger charge is 2.18. The van der Waals surface area contributed by atoms with Crippen LogP contribution in [0.5, 0.6) is 0 Å². The Morgan fingerprint density at radius 2 is 2.10 bits per heavy atom. The molecule has 0 aliphatic carbocycles. The molecular formula is C13H21N3O4S. The fourth-order valence-corrected chi connectivity index (χ4v) is 2.50. The van der Waals surface area contributed by atoms with Gasteiger partial charge in [-0.3, -0.25) is 4.79 Å². The minimum absolute atomic E-state index is 0.107. The third-order valence-corrected chi connectivity index (χ3v) is 4.66. The standard InChI is InChI=1S/C13H21N3O4S/c1-16(2)21(18,19)11-6-4-5-10(9-11)15-13(17)12(14)7-8-20-3/h4-6,9,12H,7-8,14H2,1-3H3,(H,15,17). The quantitative estimate of drug-likeness (QED) is 0.750. The fraction of sp³-hybridized carbons (Fsp3) is 0.462. The van der Waals surface area contributed by atoms with Gasteiger partial charge in [-0.1, -0.05) is 6.07 Å². The maximum Gasteiger partial charge on any atom is 0.242 e. The van der Waals surface area contributed by atoms with Crippen molar-refractivity contribution in [1.82, 2.24) is 4.31 Å². The second-order valence-corrected chi connectivity index (χ2v) is 6.84. The maximum absolute atomic E-state index is 12.0. The molecule has 1 atom stereocenters. The van der Waals surface area contributed by atoms with Crippen LogP contribution in [0.4, 0.5) is 5.69 Å². The first kappa shape index (κ1) is 17.6. The summed E-state index contributed by atoms with van der Waals surface area (Å²) in [6.07, 6.45) is 0.387. The van der Waals surface area contributed by atoms with Crippen LogP contribution in [0.15, 0.2) is 29.2 Å². The second-order valence-electron chi connectivity index (χ2n) is 4.69. The van der Waals surface area contributed by atoms with Crippen molar-refractivity contribution in [3.63, 3.8) is 0 Å². The molecule has 8 heteroatoms. The average Bonchev–Trinajstić information content (AvgIpc) is 2.44. The number of hydrogen-bond donors (Lipinski definition) is 2. The molecule has 0 saturated heterocycles. The molecule has 3 N–H and O–H groups in total. The summed E-state index contributed by atoms with van der Waals surface area (Å²) in [7, 11) is 0.881. The molecule has 21 heavy (non-hydrogen) atoms. The zero-order valence-electron chi connectivity index (χ0n) is 12.4. The van der Waals surface area contributed by atoms with E-state index in [4.69, 9.17) is 10.5 Å². The number of nitrogens with two attached hydrogens (primary N) is 1. The highest BCUT2D eigenvalue weighted by molar-refractivity contribution is 7.89. The topological polar surface area (TPSA) is 102 Å². The second kappa shape index (κ2) is 7.51. The van der Waals surface area contributed by atoms with Gasteiger partial charge in [0, 0.05) is 33.5 Å². The molecule has 0 aliphatic rings. The van der Waals surface area contributed by atoms with Crippen LogP contribution in [0, 0.1) is 0 Å². The summed E-state index contributed by atoms with van der Waals surface area (Å²) in [4.78, 5) is 12.0. The molecule has 1 aromatic rings. The zero-order chi connectivity index (χ0) is 16.0. The summed E-state index contributed by atoms with van der Waals surface area (Å²) >= 11 is 0. The summed E-state index contributed by atoms with van der Waals surface area (Å²) < 4.78 is 30.0. The van der Waals surface area contributed by atoms with Crippen molar-refractivity contribution >= 4 is 21.6 Å². The third kappa shape index (κ3) is 4.78. The van der Waals surface area contributed by atoms with Gasteiger partial charge in [-0.15, -0.1) is 0 Å². The average molecular weight is 315 g/mol. The predicted octanol–water partition coefficient (Wildman–Crippen LogP) is 0.239. The molecule has 0 fully saturated rings. The van der Waals surface area contributed by atoms with Crippen LogP contribution >= 0.6 is 0 Å². The molecule has 118 valence electrons. The Morgan fingerprint density at radius 3 is 2.67 bits per heavy atom. The number of nitrogens with zero attached hydrogens (tertiary/aromatic N) is 1. The summed E-state index contributed by atoms with van der Waals surface area (Å²) in [5.41, 5.74) is 6.09. The highest BCUT2D eigenvalue weighted by Crippen LogP contribution is 2.18. The SMILES string of the molecule is COCCC(N)C(=O)Nc1cccc(S(=O)(=O)N(C)C)c1. The molecule has 7 nitrogen and oxygen atoms in total. The van der Waals surface area contributed by atoms with Crippen molar-refractivity contribution in [3.8, 4) is 0 Å². The molecule has 0 saturated carbocycles. The number of rotatable bonds is 7. The summed E-state index contributed by atoms with van der Waals surface area (Å²) in [6, 6.07) is 5.33. The van der Waals surface area contributed by atoms with E-state index in [0.717, 1.165) is 4.31 Å². The lowest BCUT2D eigenvalue weighted by atomic mass is 10.2. The molecular weight excluding hydrogens is 294 g/mol. The lowest BCUT2D eigenvalue weighted by Crippen LogP contribution is -2.36. The van der Waals surface area contributed by atoms with Crippen molar-refractivity contribution in [2.24, 2.45) is 5.73 Å². The van der Waals surface area contributed by atoms with E-state index in [9.17, 15) is 13.2 Å². The zero-order valence-corrected chi connectivity index (χ0v) is 13.2. The van der Waals surface area contributed by atoms with Crippen molar-refractivity contribution in [2.75, 3.05) is 33.1 Å². The smallest absolute Gasteiger partial charge is 0.242 e. The third-order valence-electron chi connectivity index (χ3n) is 2.85. The number of carbonyl (C=O) groups is 1. The van der Waals surface area contributed by atoms with Crippen LogP contribution in [-0.4, -0.2) is 52.5 Å². The first-order valence-corrected chi connectivity index (χ1v) is 7.81. The van der Waals surface area contributed by atoms with E-state index in [1.807, 2.05) is 0 Å². The Balaban J connectivity index is 2.85. The number of benzene rings is 1. The number of nitrogens with one attached hydrogen (secondary N) is 1. The van der Waals surface area contributed by atoms with Gasteiger partial charge in [0.1, 0.15) is 0 Å². The Morgan fingerprint density at radius 1 is 1.43 bits per heavy atom. The van der Waals surface area contributed by atoms with Gasteiger partial charge in [0.05, 0.1) is 10.9 Å². The number of ether oxygens (including phenoxy) is 1. The van der Waals surface area contributed by atoms with E-state index >= 15 is 0 Å². The van der Waals surface area contributed by atoms with Gasteiger partial charge in [0.25, 0.3) is 0 Å². The summed E-state index contributed by atoms with van der Waals surface area (Å²) in [5.74, 6) is -0.383. The normalized spacial score (nSPS) is 13.2. The number of hydrogen-bond acceptors (Lipinski definition) is 5.